The Morgan fingerprint density at radius 2 is 1.74 bits per heavy atom. The van der Waals surface area contributed by atoms with Gasteiger partial charge in [-0.25, -0.2) is 9.97 Å². The van der Waals surface area contributed by atoms with Crippen LogP contribution in [0.1, 0.15) is 32.2 Å². The standard InChI is InChI=1S/C18H26N6O3/c1-12(26)16(5-15-8-20-11-22-15)24-17(27)18(2,3)23-6-13(9-25)4-14-7-19-10-21-14/h7-11,13,16,23H,4-6H2,1-3H3,(H,19,21)(H,20,22)(H,24,27)/t13?,16-/m0/s1. The number of aldehydes is 1. The number of hydrogen-bond donors (Lipinski definition) is 4. The molecule has 9 nitrogen and oxygen atoms in total. The van der Waals surface area contributed by atoms with E-state index in [1.54, 1.807) is 32.6 Å². The number of H-pyrrole nitrogens is 2. The SMILES string of the molecule is CC(=O)[C@H](Cc1cnc[nH]1)NC(=O)C(C)(C)NCC(C=O)Cc1cnc[nH]1. The number of carbonyl (C=O) groups excluding carboxylic acids is 3. The minimum Gasteiger partial charge on any atom is -0.348 e. The summed E-state index contributed by atoms with van der Waals surface area (Å²) < 4.78 is 0. The molecule has 2 atom stereocenters. The number of rotatable bonds is 11. The molecule has 1 amide bonds. The lowest BCUT2D eigenvalue weighted by molar-refractivity contribution is -0.130. The average Bonchev–Trinajstić information content (AvgIpc) is 3.31. The smallest absolute Gasteiger partial charge is 0.240 e. The topological polar surface area (TPSA) is 133 Å². The molecule has 9 heteroatoms. The number of nitrogens with zero attached hydrogens (tertiary/aromatic N) is 2. The van der Waals surface area contributed by atoms with Crippen LogP contribution in [0.3, 0.4) is 0 Å². The lowest BCUT2D eigenvalue weighted by Gasteiger charge is -2.28. The molecule has 27 heavy (non-hydrogen) atoms. The molecule has 0 spiro atoms. The zero-order chi connectivity index (χ0) is 19.9. The van der Waals surface area contributed by atoms with Gasteiger partial charge >= 0.3 is 0 Å². The molecule has 1 unspecified atom stereocenters. The van der Waals surface area contributed by atoms with Gasteiger partial charge < -0.3 is 25.4 Å². The van der Waals surface area contributed by atoms with E-state index in [0.29, 0.717) is 19.4 Å². The van der Waals surface area contributed by atoms with Crippen LogP contribution in [0.15, 0.2) is 25.0 Å². The molecule has 0 saturated heterocycles. The number of amides is 1. The van der Waals surface area contributed by atoms with Crippen LogP contribution in [0.5, 0.6) is 0 Å². The fourth-order valence-electron chi connectivity index (χ4n) is 2.56. The molecule has 0 fully saturated rings. The summed E-state index contributed by atoms with van der Waals surface area (Å²) in [4.78, 5) is 49.6. The molecule has 146 valence electrons. The first kappa shape index (κ1) is 20.5. The second-order valence-electron chi connectivity index (χ2n) is 7.10. The molecule has 0 bridgehead atoms. The lowest BCUT2D eigenvalue weighted by Crippen LogP contribution is -2.57. The molecule has 2 heterocycles. The van der Waals surface area contributed by atoms with Crippen LogP contribution in [0, 0.1) is 5.92 Å². The van der Waals surface area contributed by atoms with Gasteiger partial charge in [-0.1, -0.05) is 0 Å². The van der Waals surface area contributed by atoms with Gasteiger partial charge in [-0.05, 0) is 27.2 Å². The summed E-state index contributed by atoms with van der Waals surface area (Å²) in [6.07, 6.45) is 8.08. The van der Waals surface area contributed by atoms with Gasteiger partial charge in [-0.3, -0.25) is 9.59 Å². The van der Waals surface area contributed by atoms with Gasteiger partial charge in [0, 0.05) is 42.7 Å². The second kappa shape index (κ2) is 9.22. The third kappa shape index (κ3) is 6.14. The van der Waals surface area contributed by atoms with Crippen LogP contribution < -0.4 is 10.6 Å². The monoisotopic (exact) mass is 374 g/mol. The highest BCUT2D eigenvalue weighted by atomic mass is 16.2. The van der Waals surface area contributed by atoms with Crippen LogP contribution in [0.2, 0.25) is 0 Å². The Kier molecular flexibility index (Phi) is 7.00. The summed E-state index contributed by atoms with van der Waals surface area (Å²) in [5.41, 5.74) is 0.672. The first-order chi connectivity index (χ1) is 12.8. The van der Waals surface area contributed by atoms with Crippen molar-refractivity contribution in [3.63, 3.8) is 0 Å². The summed E-state index contributed by atoms with van der Waals surface area (Å²) in [7, 11) is 0. The highest BCUT2D eigenvalue weighted by molar-refractivity contribution is 5.91. The number of Topliss-reactive ketones (excluding diaryl/α,β-unsaturated/α-hetero) is 1. The highest BCUT2D eigenvalue weighted by Gasteiger charge is 2.31. The van der Waals surface area contributed by atoms with Crippen molar-refractivity contribution in [3.8, 4) is 0 Å². The Bertz CT molecular complexity index is 739. The van der Waals surface area contributed by atoms with Crippen molar-refractivity contribution in [1.29, 1.82) is 0 Å². The van der Waals surface area contributed by atoms with Crippen LogP contribution in [-0.2, 0) is 27.2 Å². The third-order valence-corrected chi connectivity index (χ3v) is 4.38. The van der Waals surface area contributed by atoms with Crippen molar-refractivity contribution in [3.05, 3.63) is 36.4 Å². The number of hydrogen-bond acceptors (Lipinski definition) is 6. The Morgan fingerprint density at radius 1 is 1.15 bits per heavy atom. The van der Waals surface area contributed by atoms with E-state index in [2.05, 4.69) is 30.6 Å². The predicted molar refractivity (Wildman–Crippen MR) is 98.8 cm³/mol. The lowest BCUT2D eigenvalue weighted by atomic mass is 9.99. The summed E-state index contributed by atoms with van der Waals surface area (Å²) in [6, 6.07) is -0.647. The van der Waals surface area contributed by atoms with E-state index in [1.807, 2.05) is 0 Å². The molecular weight excluding hydrogens is 348 g/mol. The normalized spacial score (nSPS) is 13.7. The van der Waals surface area contributed by atoms with Crippen LogP contribution in [-0.4, -0.2) is 56.0 Å². The fourth-order valence-corrected chi connectivity index (χ4v) is 2.56. The molecule has 2 aromatic heterocycles. The van der Waals surface area contributed by atoms with Crippen molar-refractivity contribution in [2.24, 2.45) is 5.92 Å². The molecule has 0 aliphatic carbocycles. The van der Waals surface area contributed by atoms with Crippen molar-refractivity contribution >= 4 is 18.0 Å². The number of ketones is 1. The molecule has 2 aromatic rings. The summed E-state index contributed by atoms with van der Waals surface area (Å²) in [5, 5.41) is 5.90. The van der Waals surface area contributed by atoms with Gasteiger partial charge in [-0.2, -0.15) is 0 Å². The van der Waals surface area contributed by atoms with Gasteiger partial charge in [0.1, 0.15) is 6.29 Å². The van der Waals surface area contributed by atoms with Crippen LogP contribution in [0.25, 0.3) is 0 Å². The van der Waals surface area contributed by atoms with Crippen molar-refractivity contribution < 1.29 is 14.4 Å². The summed E-state index contributed by atoms with van der Waals surface area (Å²) in [6.45, 7) is 5.20. The van der Waals surface area contributed by atoms with Crippen LogP contribution >= 0.6 is 0 Å². The third-order valence-electron chi connectivity index (χ3n) is 4.38. The molecular formula is C18H26N6O3. The predicted octanol–water partition coefficient (Wildman–Crippen LogP) is 0.175. The van der Waals surface area contributed by atoms with Crippen molar-refractivity contribution in [2.75, 3.05) is 6.54 Å². The molecule has 0 aromatic carbocycles. The van der Waals surface area contributed by atoms with Gasteiger partial charge in [0.25, 0.3) is 0 Å². The molecule has 0 aliphatic rings. The number of aromatic nitrogens is 4. The van der Waals surface area contributed by atoms with E-state index in [0.717, 1.165) is 17.7 Å². The molecule has 0 aliphatic heterocycles. The van der Waals surface area contributed by atoms with Crippen molar-refractivity contribution in [2.45, 2.75) is 45.2 Å². The highest BCUT2D eigenvalue weighted by Crippen LogP contribution is 2.09. The van der Waals surface area contributed by atoms with E-state index in [-0.39, 0.29) is 17.6 Å². The zero-order valence-electron chi connectivity index (χ0n) is 15.8. The molecule has 0 saturated carbocycles. The Hall–Kier alpha value is -2.81. The van der Waals surface area contributed by atoms with Crippen molar-refractivity contribution in [1.82, 2.24) is 30.6 Å². The maximum atomic E-state index is 12.7. The molecule has 0 radical (unpaired) electrons. The Morgan fingerprint density at radius 3 is 2.22 bits per heavy atom. The van der Waals surface area contributed by atoms with E-state index in [1.165, 1.54) is 13.3 Å². The number of nitrogens with one attached hydrogen (secondary N) is 4. The van der Waals surface area contributed by atoms with Crippen LogP contribution in [0.4, 0.5) is 0 Å². The first-order valence-corrected chi connectivity index (χ1v) is 8.78. The largest absolute Gasteiger partial charge is 0.348 e. The van der Waals surface area contributed by atoms with E-state index in [9.17, 15) is 14.4 Å². The number of aromatic amines is 2. The molecule has 4 N–H and O–H groups in total. The van der Waals surface area contributed by atoms with E-state index in [4.69, 9.17) is 0 Å². The molecule has 2 rings (SSSR count). The summed E-state index contributed by atoms with van der Waals surface area (Å²) in [5.74, 6) is -0.752. The maximum absolute atomic E-state index is 12.7. The second-order valence-corrected chi connectivity index (χ2v) is 7.10. The fraction of sp³-hybridized carbons (Fsp3) is 0.500. The average molecular weight is 374 g/mol. The quantitative estimate of drug-likeness (QED) is 0.415. The number of carbonyl (C=O) groups is 3. The minimum atomic E-state index is -0.947. The van der Waals surface area contributed by atoms with E-state index < -0.39 is 11.6 Å². The number of imidazole rings is 2. The van der Waals surface area contributed by atoms with Gasteiger partial charge in [0.05, 0.1) is 24.2 Å². The minimum absolute atomic E-state index is 0.140. The maximum Gasteiger partial charge on any atom is 0.240 e. The van der Waals surface area contributed by atoms with E-state index >= 15 is 0 Å². The van der Waals surface area contributed by atoms with Gasteiger partial charge in [0.2, 0.25) is 5.91 Å². The van der Waals surface area contributed by atoms with Gasteiger partial charge in [0.15, 0.2) is 5.78 Å². The zero-order valence-corrected chi connectivity index (χ0v) is 15.8. The van der Waals surface area contributed by atoms with Gasteiger partial charge in [-0.15, -0.1) is 0 Å². The summed E-state index contributed by atoms with van der Waals surface area (Å²) >= 11 is 0. The Labute approximate surface area is 157 Å². The first-order valence-electron chi connectivity index (χ1n) is 8.78. The Balaban J connectivity index is 1.91.